The minimum Gasteiger partial charge on any atom is -0.377 e. The average molecular weight is 335 g/mol. The topological polar surface area (TPSA) is 84.0 Å². The number of benzene rings is 1. The van der Waals surface area contributed by atoms with Crippen molar-refractivity contribution in [3.63, 3.8) is 0 Å². The van der Waals surface area contributed by atoms with Crippen molar-refractivity contribution in [2.75, 3.05) is 19.0 Å². The highest BCUT2D eigenvalue weighted by atomic mass is 32.1. The molecule has 0 spiro atoms. The van der Waals surface area contributed by atoms with Crippen LogP contribution >= 0.6 is 12.2 Å². The van der Waals surface area contributed by atoms with Crippen molar-refractivity contribution in [2.45, 2.75) is 26.5 Å². The van der Waals surface area contributed by atoms with Crippen LogP contribution in [0.3, 0.4) is 0 Å². The summed E-state index contributed by atoms with van der Waals surface area (Å²) >= 11 is 5.11. The van der Waals surface area contributed by atoms with Gasteiger partial charge >= 0.3 is 6.03 Å². The molecule has 0 aliphatic rings. The average Bonchev–Trinajstić information content (AvgIpc) is 2.86. The lowest BCUT2D eigenvalue weighted by Crippen LogP contribution is -2.31. The first-order chi connectivity index (χ1) is 11.0. The number of nitrogens with zero attached hydrogens (tertiary/aromatic N) is 2. The third-order valence-electron chi connectivity index (χ3n) is 3.54. The van der Waals surface area contributed by atoms with Crippen molar-refractivity contribution in [2.24, 2.45) is 0 Å². The van der Waals surface area contributed by atoms with Gasteiger partial charge in [0, 0.05) is 25.9 Å². The Kier molecular flexibility index (Phi) is 5.89. The van der Waals surface area contributed by atoms with E-state index in [1.165, 1.54) is 0 Å². The van der Waals surface area contributed by atoms with E-state index < -0.39 is 0 Å². The molecule has 0 fully saturated rings. The fourth-order valence-corrected chi connectivity index (χ4v) is 2.39. The van der Waals surface area contributed by atoms with Crippen LogP contribution in [0.5, 0.6) is 0 Å². The Labute approximate surface area is 140 Å². The van der Waals surface area contributed by atoms with E-state index in [1.54, 1.807) is 7.11 Å². The number of ether oxygens (including phenoxy) is 1. The number of anilines is 1. The fraction of sp³-hybridized carbons (Fsp3) is 0.400. The van der Waals surface area contributed by atoms with Gasteiger partial charge in [-0.25, -0.2) is 4.79 Å². The Bertz CT molecular complexity index is 725. The minimum absolute atomic E-state index is 0.0225. The number of urea groups is 1. The van der Waals surface area contributed by atoms with Crippen LogP contribution in [0.15, 0.2) is 24.3 Å². The second-order valence-corrected chi connectivity index (χ2v) is 5.50. The lowest BCUT2D eigenvalue weighted by atomic mass is 10.1. The summed E-state index contributed by atoms with van der Waals surface area (Å²) in [5, 5.41) is 12.3. The number of rotatable bonds is 6. The Morgan fingerprint density at radius 2 is 2.30 bits per heavy atom. The number of amides is 2. The molecule has 3 N–H and O–H groups in total. The Balaban J connectivity index is 1.86. The summed E-state index contributed by atoms with van der Waals surface area (Å²) in [6, 6.07) is 7.31. The summed E-state index contributed by atoms with van der Waals surface area (Å²) in [4.78, 5) is 11.9. The molecule has 0 unspecified atom stereocenters. The number of carbonyl (C=O) groups is 1. The summed E-state index contributed by atoms with van der Waals surface area (Å²) in [6.45, 7) is 4.83. The van der Waals surface area contributed by atoms with E-state index in [1.807, 2.05) is 42.7 Å². The van der Waals surface area contributed by atoms with Crippen molar-refractivity contribution in [1.82, 2.24) is 20.1 Å². The standard InChI is InChI=1S/C15H21N5O2S/c1-10(22-3)12-5-4-6-13(9-12)17-14(21)16-7-8-20-11(2)18-19-15(20)23/h4-6,9-10H,7-8H2,1-3H3,(H,19,23)(H2,16,17,21)/t10-/m0/s1. The molecule has 0 bridgehead atoms. The number of aromatic nitrogens is 3. The van der Waals surface area contributed by atoms with E-state index in [-0.39, 0.29) is 12.1 Å². The van der Waals surface area contributed by atoms with Crippen LogP contribution < -0.4 is 10.6 Å². The molecule has 1 heterocycles. The number of methoxy groups -OCH3 is 1. The summed E-state index contributed by atoms with van der Waals surface area (Å²) in [7, 11) is 1.65. The van der Waals surface area contributed by atoms with Gasteiger partial charge in [0.1, 0.15) is 5.82 Å². The molecule has 7 nitrogen and oxygen atoms in total. The predicted octanol–water partition coefficient (Wildman–Crippen LogP) is 2.78. The van der Waals surface area contributed by atoms with Crippen LogP contribution in [0.1, 0.15) is 24.4 Å². The van der Waals surface area contributed by atoms with Crippen molar-refractivity contribution in [3.05, 3.63) is 40.4 Å². The lowest BCUT2D eigenvalue weighted by Gasteiger charge is -2.12. The molecular formula is C15H21N5O2S. The first-order valence-corrected chi connectivity index (χ1v) is 7.71. The fourth-order valence-electron chi connectivity index (χ4n) is 2.12. The van der Waals surface area contributed by atoms with Gasteiger partial charge in [0.05, 0.1) is 6.10 Å². The molecule has 1 aromatic carbocycles. The Morgan fingerprint density at radius 3 is 2.96 bits per heavy atom. The number of hydrogen-bond acceptors (Lipinski definition) is 4. The maximum absolute atomic E-state index is 11.9. The van der Waals surface area contributed by atoms with E-state index in [2.05, 4.69) is 20.8 Å². The third-order valence-corrected chi connectivity index (χ3v) is 3.85. The van der Waals surface area contributed by atoms with Gasteiger partial charge in [-0.2, -0.15) is 5.10 Å². The summed E-state index contributed by atoms with van der Waals surface area (Å²) in [5.74, 6) is 0.790. The molecule has 8 heteroatoms. The molecule has 0 saturated heterocycles. The van der Waals surface area contributed by atoms with Gasteiger partial charge in [0.2, 0.25) is 0 Å². The van der Waals surface area contributed by atoms with Crippen LogP contribution in [0.25, 0.3) is 0 Å². The van der Waals surface area contributed by atoms with Crippen LogP contribution in [0.4, 0.5) is 10.5 Å². The largest absolute Gasteiger partial charge is 0.377 e. The van der Waals surface area contributed by atoms with Crippen molar-refractivity contribution in [1.29, 1.82) is 0 Å². The van der Waals surface area contributed by atoms with Gasteiger partial charge in [-0.3, -0.25) is 5.10 Å². The number of hydrogen-bond donors (Lipinski definition) is 3. The molecule has 0 radical (unpaired) electrons. The summed E-state index contributed by atoms with van der Waals surface area (Å²) < 4.78 is 7.65. The van der Waals surface area contributed by atoms with E-state index in [4.69, 9.17) is 17.0 Å². The minimum atomic E-state index is -0.264. The van der Waals surface area contributed by atoms with Gasteiger partial charge < -0.3 is 19.9 Å². The molecule has 0 aliphatic carbocycles. The smallest absolute Gasteiger partial charge is 0.319 e. The second kappa shape index (κ2) is 7.89. The molecule has 0 aliphatic heterocycles. The maximum atomic E-state index is 11.9. The molecular weight excluding hydrogens is 314 g/mol. The normalized spacial score (nSPS) is 12.0. The van der Waals surface area contributed by atoms with Crippen LogP contribution in [-0.4, -0.2) is 34.5 Å². The molecule has 2 amide bonds. The van der Waals surface area contributed by atoms with E-state index in [0.717, 1.165) is 17.1 Å². The van der Waals surface area contributed by atoms with Gasteiger partial charge in [-0.15, -0.1) is 0 Å². The first kappa shape index (κ1) is 17.2. The molecule has 1 atom stereocenters. The van der Waals surface area contributed by atoms with Crippen LogP contribution in [0.2, 0.25) is 0 Å². The molecule has 2 aromatic rings. The summed E-state index contributed by atoms with van der Waals surface area (Å²) in [5.41, 5.74) is 1.73. The lowest BCUT2D eigenvalue weighted by molar-refractivity contribution is 0.119. The Morgan fingerprint density at radius 1 is 1.52 bits per heavy atom. The van der Waals surface area contributed by atoms with Crippen molar-refractivity contribution in [3.8, 4) is 0 Å². The molecule has 0 saturated carbocycles. The highest BCUT2D eigenvalue weighted by Crippen LogP contribution is 2.19. The van der Waals surface area contributed by atoms with E-state index in [9.17, 15) is 4.79 Å². The van der Waals surface area contributed by atoms with Gasteiger partial charge in [0.15, 0.2) is 4.77 Å². The highest BCUT2D eigenvalue weighted by molar-refractivity contribution is 7.71. The van der Waals surface area contributed by atoms with Crippen LogP contribution in [0, 0.1) is 11.7 Å². The predicted molar refractivity (Wildman–Crippen MR) is 91.0 cm³/mol. The van der Waals surface area contributed by atoms with E-state index >= 15 is 0 Å². The van der Waals surface area contributed by atoms with Crippen molar-refractivity contribution < 1.29 is 9.53 Å². The maximum Gasteiger partial charge on any atom is 0.319 e. The number of aromatic amines is 1. The molecule has 23 heavy (non-hydrogen) atoms. The zero-order chi connectivity index (χ0) is 16.8. The monoisotopic (exact) mass is 335 g/mol. The number of H-pyrrole nitrogens is 1. The molecule has 1 aromatic heterocycles. The first-order valence-electron chi connectivity index (χ1n) is 7.30. The van der Waals surface area contributed by atoms with Gasteiger partial charge in [-0.1, -0.05) is 12.1 Å². The van der Waals surface area contributed by atoms with Crippen LogP contribution in [-0.2, 0) is 11.3 Å². The molecule has 2 rings (SSSR count). The number of nitrogens with one attached hydrogen (secondary N) is 3. The SMILES string of the molecule is CO[C@@H](C)c1cccc(NC(=O)NCCn2c(C)n[nH]c2=S)c1. The Hall–Kier alpha value is -2.19. The molecule has 124 valence electrons. The quantitative estimate of drug-likeness (QED) is 0.709. The number of carbonyl (C=O) groups excluding carboxylic acids is 1. The number of aryl methyl sites for hydroxylation is 1. The van der Waals surface area contributed by atoms with E-state index in [0.29, 0.717) is 17.9 Å². The van der Waals surface area contributed by atoms with Gasteiger partial charge in [-0.05, 0) is 43.8 Å². The zero-order valence-corrected chi connectivity index (χ0v) is 14.2. The van der Waals surface area contributed by atoms with Gasteiger partial charge in [0.25, 0.3) is 0 Å². The second-order valence-electron chi connectivity index (χ2n) is 5.11. The summed E-state index contributed by atoms with van der Waals surface area (Å²) in [6.07, 6.45) is -0.0225. The van der Waals surface area contributed by atoms with Crippen molar-refractivity contribution >= 4 is 23.9 Å². The third kappa shape index (κ3) is 4.64. The zero-order valence-electron chi connectivity index (χ0n) is 13.4. The highest BCUT2D eigenvalue weighted by Gasteiger charge is 2.07.